The molecule has 0 fully saturated rings. The van der Waals surface area contributed by atoms with Gasteiger partial charge in [-0.25, -0.2) is 0 Å². The molecule has 1 atom stereocenters. The summed E-state index contributed by atoms with van der Waals surface area (Å²) in [6.45, 7) is 15.9. The summed E-state index contributed by atoms with van der Waals surface area (Å²) in [5.74, 6) is 0.593. The van der Waals surface area contributed by atoms with E-state index in [1.165, 1.54) is 0 Å². The summed E-state index contributed by atoms with van der Waals surface area (Å²) in [6.07, 6.45) is 0.989. The first-order chi connectivity index (χ1) is 7.82. The molecule has 0 amide bonds. The Bertz CT molecular complexity index is 288. The first-order valence-electron chi connectivity index (χ1n) is 6.73. The molecule has 1 unspecified atom stereocenters. The van der Waals surface area contributed by atoms with Crippen molar-refractivity contribution in [1.82, 2.24) is 0 Å². The van der Waals surface area contributed by atoms with Gasteiger partial charge in [-0.15, -0.1) is 0 Å². The van der Waals surface area contributed by atoms with E-state index in [4.69, 9.17) is 4.74 Å². The lowest BCUT2D eigenvalue weighted by Crippen LogP contribution is -2.47. The maximum Gasteiger partial charge on any atom is 0.114 e. The van der Waals surface area contributed by atoms with Crippen LogP contribution in [0.2, 0.25) is 0 Å². The van der Waals surface area contributed by atoms with E-state index in [9.17, 15) is 9.67 Å². The van der Waals surface area contributed by atoms with E-state index in [2.05, 4.69) is 13.8 Å². The predicted octanol–water partition coefficient (Wildman–Crippen LogP) is 3.89. The Balaban J connectivity index is 4.80. The molecule has 0 aromatic rings. The highest BCUT2D eigenvalue weighted by Gasteiger charge is 2.47. The van der Waals surface area contributed by atoms with Crippen LogP contribution in [0, 0.1) is 5.92 Å². The van der Waals surface area contributed by atoms with Gasteiger partial charge in [0.25, 0.3) is 0 Å². The minimum absolute atomic E-state index is 0.516. The van der Waals surface area contributed by atoms with Gasteiger partial charge in [0.15, 0.2) is 0 Å². The lowest BCUT2D eigenvalue weighted by Gasteiger charge is -2.43. The van der Waals surface area contributed by atoms with Gasteiger partial charge in [-0.05, 0) is 40.0 Å². The van der Waals surface area contributed by atoms with Crippen LogP contribution in [-0.4, -0.2) is 27.8 Å². The summed E-state index contributed by atoms with van der Waals surface area (Å²) in [7, 11) is -2.21. The molecule has 1 N–H and O–H groups in total. The first kappa shape index (κ1) is 18.1. The molecule has 0 aliphatic heterocycles. The number of hydrogen-bond acceptors (Lipinski definition) is 3. The van der Waals surface area contributed by atoms with Crippen molar-refractivity contribution in [1.29, 1.82) is 0 Å². The van der Waals surface area contributed by atoms with Crippen LogP contribution in [0.5, 0.6) is 0 Å². The van der Waals surface area contributed by atoms with Gasteiger partial charge >= 0.3 is 0 Å². The summed E-state index contributed by atoms with van der Waals surface area (Å²) >= 11 is 0. The van der Waals surface area contributed by atoms with Gasteiger partial charge in [0.2, 0.25) is 0 Å². The summed E-state index contributed by atoms with van der Waals surface area (Å²) < 4.78 is 18.4. The van der Waals surface area contributed by atoms with Crippen LogP contribution >= 0.6 is 7.80 Å². The predicted molar refractivity (Wildman–Crippen MR) is 78.9 cm³/mol. The van der Waals surface area contributed by atoms with Crippen molar-refractivity contribution >= 4 is 7.80 Å². The summed E-state index contributed by atoms with van der Waals surface area (Å²) in [4.78, 5) is 0. The summed E-state index contributed by atoms with van der Waals surface area (Å²) in [5.41, 5.74) is -0.516. The maximum absolute atomic E-state index is 12.5. The zero-order valence-electron chi connectivity index (χ0n) is 13.3. The van der Waals surface area contributed by atoms with Crippen LogP contribution in [0.15, 0.2) is 0 Å². The standard InChI is InChI=1S/C14H31O3P/c1-11(2)9-10-17-12(3,4)13(5,6)18(16)14(7,8)15/h11,15,18H,9-10H2,1-8H3. The van der Waals surface area contributed by atoms with Crippen molar-refractivity contribution < 1.29 is 14.4 Å². The van der Waals surface area contributed by atoms with Crippen LogP contribution in [0.3, 0.4) is 0 Å². The lowest BCUT2D eigenvalue weighted by atomic mass is 9.93. The van der Waals surface area contributed by atoms with Crippen molar-refractivity contribution in [2.45, 2.75) is 77.9 Å². The van der Waals surface area contributed by atoms with Gasteiger partial charge in [0.05, 0.1) is 5.60 Å². The average Bonchev–Trinajstić information content (AvgIpc) is 2.13. The molecule has 4 heteroatoms. The fourth-order valence-electron chi connectivity index (χ4n) is 1.77. The SMILES string of the molecule is CC(C)CCOC(C)(C)C(C)(C)[PH](=O)C(C)(C)O. The average molecular weight is 278 g/mol. The number of hydrogen-bond donors (Lipinski definition) is 1. The highest BCUT2D eigenvalue weighted by atomic mass is 31.1. The van der Waals surface area contributed by atoms with Crippen molar-refractivity contribution in [3.63, 3.8) is 0 Å². The Kier molecular flexibility index (Phi) is 6.12. The van der Waals surface area contributed by atoms with Gasteiger partial charge in [0, 0.05) is 11.8 Å². The highest BCUT2D eigenvalue weighted by Crippen LogP contribution is 2.54. The molecule has 110 valence electrons. The Labute approximate surface area is 113 Å². The molecular formula is C14H31O3P. The molecule has 0 aliphatic carbocycles. The van der Waals surface area contributed by atoms with E-state index in [0.717, 1.165) is 6.42 Å². The second kappa shape index (κ2) is 6.07. The Morgan fingerprint density at radius 2 is 1.56 bits per heavy atom. The fourth-order valence-corrected chi connectivity index (χ4v) is 3.92. The number of rotatable bonds is 7. The van der Waals surface area contributed by atoms with E-state index in [0.29, 0.717) is 12.5 Å². The van der Waals surface area contributed by atoms with E-state index in [1.54, 1.807) is 13.8 Å². The zero-order chi connectivity index (χ0) is 14.8. The third kappa shape index (κ3) is 4.68. The molecule has 3 nitrogen and oxygen atoms in total. The molecule has 0 radical (unpaired) electrons. The van der Waals surface area contributed by atoms with E-state index < -0.39 is 23.9 Å². The minimum Gasteiger partial charge on any atom is -0.383 e. The van der Waals surface area contributed by atoms with Crippen molar-refractivity contribution in [3.05, 3.63) is 0 Å². The molecule has 0 saturated heterocycles. The third-order valence-electron chi connectivity index (χ3n) is 3.79. The lowest BCUT2D eigenvalue weighted by molar-refractivity contribution is -0.0460. The Morgan fingerprint density at radius 1 is 1.11 bits per heavy atom. The molecule has 0 heterocycles. The van der Waals surface area contributed by atoms with Crippen molar-refractivity contribution in [3.8, 4) is 0 Å². The largest absolute Gasteiger partial charge is 0.383 e. The van der Waals surface area contributed by atoms with E-state index >= 15 is 0 Å². The Hall–Kier alpha value is 0.150. The quantitative estimate of drug-likeness (QED) is 0.718. The molecular weight excluding hydrogens is 247 g/mol. The second-order valence-electron chi connectivity index (χ2n) is 7.05. The molecule has 0 aliphatic rings. The van der Waals surface area contributed by atoms with Gasteiger partial charge in [-0.2, -0.15) is 0 Å². The second-order valence-corrected chi connectivity index (χ2v) is 10.2. The van der Waals surface area contributed by atoms with Crippen LogP contribution in [0.1, 0.15) is 61.8 Å². The molecule has 0 aromatic heterocycles. The van der Waals surface area contributed by atoms with Gasteiger partial charge < -0.3 is 14.4 Å². The van der Waals surface area contributed by atoms with Crippen LogP contribution in [0.25, 0.3) is 0 Å². The third-order valence-corrected chi connectivity index (χ3v) is 6.64. The van der Waals surface area contributed by atoms with Crippen LogP contribution in [-0.2, 0) is 9.30 Å². The van der Waals surface area contributed by atoms with Gasteiger partial charge in [-0.3, -0.25) is 0 Å². The smallest absolute Gasteiger partial charge is 0.114 e. The maximum atomic E-state index is 12.5. The molecule has 0 spiro atoms. The topological polar surface area (TPSA) is 46.5 Å². The van der Waals surface area contributed by atoms with E-state index in [-0.39, 0.29) is 0 Å². The molecule has 0 rings (SSSR count). The first-order valence-corrected chi connectivity index (χ1v) is 8.14. The van der Waals surface area contributed by atoms with Gasteiger partial charge in [0.1, 0.15) is 13.1 Å². The molecule has 0 saturated carbocycles. The van der Waals surface area contributed by atoms with Crippen LogP contribution < -0.4 is 0 Å². The summed E-state index contributed by atoms with van der Waals surface area (Å²) in [5, 5.41) is 8.28. The normalized spacial score (nSPS) is 16.1. The Morgan fingerprint density at radius 3 is 1.89 bits per heavy atom. The van der Waals surface area contributed by atoms with E-state index in [1.807, 2.05) is 27.7 Å². The van der Waals surface area contributed by atoms with Crippen molar-refractivity contribution in [2.24, 2.45) is 5.92 Å². The molecule has 18 heavy (non-hydrogen) atoms. The molecule has 0 bridgehead atoms. The van der Waals surface area contributed by atoms with Crippen LogP contribution in [0.4, 0.5) is 0 Å². The molecule has 0 aromatic carbocycles. The number of aliphatic hydroxyl groups is 1. The summed E-state index contributed by atoms with van der Waals surface area (Å²) in [6, 6.07) is 0. The number of ether oxygens (including phenoxy) is 1. The monoisotopic (exact) mass is 278 g/mol. The van der Waals surface area contributed by atoms with Crippen molar-refractivity contribution in [2.75, 3.05) is 6.61 Å². The minimum atomic E-state index is -2.21. The zero-order valence-corrected chi connectivity index (χ0v) is 14.3. The highest BCUT2D eigenvalue weighted by molar-refractivity contribution is 7.48. The fraction of sp³-hybridized carbons (Fsp3) is 1.00. The van der Waals surface area contributed by atoms with Gasteiger partial charge in [-0.1, -0.05) is 27.7 Å².